The molecule has 1 aromatic heterocycles. The molecular formula is C12H21N3. The third kappa shape index (κ3) is 3.11. The summed E-state index contributed by atoms with van der Waals surface area (Å²) in [6.45, 7) is 10.5. The molecule has 15 heavy (non-hydrogen) atoms. The molecule has 3 nitrogen and oxygen atoms in total. The predicted octanol–water partition coefficient (Wildman–Crippen LogP) is 2.45. The topological polar surface area (TPSA) is 42.2 Å². The molecule has 0 unspecified atom stereocenters. The number of nitrogens with zero attached hydrogens (tertiary/aromatic N) is 2. The third-order valence-electron chi connectivity index (χ3n) is 2.31. The molecule has 1 aromatic rings. The largest absolute Gasteiger partial charge is 0.396 e. The van der Waals surface area contributed by atoms with Gasteiger partial charge in [-0.2, -0.15) is 0 Å². The molecular weight excluding hydrogens is 186 g/mol. The zero-order valence-electron chi connectivity index (χ0n) is 10.1. The molecule has 0 fully saturated rings. The van der Waals surface area contributed by atoms with Gasteiger partial charge in [0.25, 0.3) is 0 Å². The van der Waals surface area contributed by atoms with Gasteiger partial charge in [0.2, 0.25) is 0 Å². The number of aryl methyl sites for hydroxylation is 1. The standard InChI is InChI=1S/C12H21N3/c1-5-15(8-9(2)3)12-11(13)7-6-10(4)14-12/h6-7,9H,5,8,13H2,1-4H3. The van der Waals surface area contributed by atoms with Crippen LogP contribution < -0.4 is 10.6 Å². The number of anilines is 2. The van der Waals surface area contributed by atoms with E-state index in [1.807, 2.05) is 19.1 Å². The second-order valence-electron chi connectivity index (χ2n) is 4.30. The van der Waals surface area contributed by atoms with Crippen LogP contribution in [-0.2, 0) is 0 Å². The summed E-state index contributed by atoms with van der Waals surface area (Å²) < 4.78 is 0. The molecule has 0 aliphatic heterocycles. The average Bonchev–Trinajstić information content (AvgIpc) is 2.18. The van der Waals surface area contributed by atoms with Crippen LogP contribution >= 0.6 is 0 Å². The summed E-state index contributed by atoms with van der Waals surface area (Å²) in [5.74, 6) is 1.54. The van der Waals surface area contributed by atoms with Gasteiger partial charge in [-0.25, -0.2) is 4.98 Å². The van der Waals surface area contributed by atoms with Crippen molar-refractivity contribution >= 4 is 11.5 Å². The summed E-state index contributed by atoms with van der Waals surface area (Å²) >= 11 is 0. The first-order valence-electron chi connectivity index (χ1n) is 5.52. The highest BCUT2D eigenvalue weighted by Gasteiger charge is 2.11. The molecule has 0 saturated carbocycles. The van der Waals surface area contributed by atoms with Crippen molar-refractivity contribution in [3.63, 3.8) is 0 Å². The van der Waals surface area contributed by atoms with Gasteiger partial charge in [-0.05, 0) is 31.9 Å². The zero-order chi connectivity index (χ0) is 11.4. The molecule has 0 aliphatic carbocycles. The lowest BCUT2D eigenvalue weighted by atomic mass is 10.2. The van der Waals surface area contributed by atoms with Gasteiger partial charge in [0.15, 0.2) is 5.82 Å². The number of rotatable bonds is 4. The molecule has 3 heteroatoms. The summed E-state index contributed by atoms with van der Waals surface area (Å²) in [7, 11) is 0. The maximum absolute atomic E-state index is 5.94. The molecule has 0 aromatic carbocycles. The van der Waals surface area contributed by atoms with Crippen LogP contribution in [0.2, 0.25) is 0 Å². The van der Waals surface area contributed by atoms with Crippen LogP contribution in [0, 0.1) is 12.8 Å². The number of hydrogen-bond donors (Lipinski definition) is 1. The zero-order valence-corrected chi connectivity index (χ0v) is 10.1. The maximum Gasteiger partial charge on any atom is 0.152 e. The lowest BCUT2D eigenvalue weighted by Gasteiger charge is -2.25. The fraction of sp³-hybridized carbons (Fsp3) is 0.583. The van der Waals surface area contributed by atoms with E-state index in [0.717, 1.165) is 30.3 Å². The molecule has 0 atom stereocenters. The first-order valence-corrected chi connectivity index (χ1v) is 5.52. The molecule has 0 aliphatic rings. The molecule has 0 radical (unpaired) electrons. The normalized spacial score (nSPS) is 10.7. The van der Waals surface area contributed by atoms with E-state index in [9.17, 15) is 0 Å². The lowest BCUT2D eigenvalue weighted by Crippen LogP contribution is -2.29. The van der Waals surface area contributed by atoms with Crippen LogP contribution in [0.3, 0.4) is 0 Å². The summed E-state index contributed by atoms with van der Waals surface area (Å²) in [5, 5.41) is 0. The summed E-state index contributed by atoms with van der Waals surface area (Å²) in [5.41, 5.74) is 7.72. The van der Waals surface area contributed by atoms with E-state index in [0.29, 0.717) is 5.92 Å². The van der Waals surface area contributed by atoms with Gasteiger partial charge in [-0.3, -0.25) is 0 Å². The molecule has 0 amide bonds. The van der Waals surface area contributed by atoms with Crippen molar-refractivity contribution in [3.05, 3.63) is 17.8 Å². The van der Waals surface area contributed by atoms with Gasteiger partial charge in [0, 0.05) is 18.8 Å². The molecule has 1 heterocycles. The number of aromatic nitrogens is 1. The van der Waals surface area contributed by atoms with Crippen LogP contribution in [0.1, 0.15) is 26.5 Å². The van der Waals surface area contributed by atoms with E-state index in [2.05, 4.69) is 30.7 Å². The minimum atomic E-state index is 0.617. The van der Waals surface area contributed by atoms with Gasteiger partial charge in [0.1, 0.15) is 0 Å². The number of nitrogens with two attached hydrogens (primary N) is 1. The highest BCUT2D eigenvalue weighted by molar-refractivity contribution is 5.62. The first-order chi connectivity index (χ1) is 7.04. The SMILES string of the molecule is CCN(CC(C)C)c1nc(C)ccc1N. The summed E-state index contributed by atoms with van der Waals surface area (Å²) in [4.78, 5) is 6.73. The Morgan fingerprint density at radius 3 is 2.60 bits per heavy atom. The smallest absolute Gasteiger partial charge is 0.152 e. The fourth-order valence-corrected chi connectivity index (χ4v) is 1.61. The summed E-state index contributed by atoms with van der Waals surface area (Å²) in [6.07, 6.45) is 0. The number of nitrogen functional groups attached to an aromatic ring is 1. The van der Waals surface area contributed by atoms with Gasteiger partial charge in [0.05, 0.1) is 5.69 Å². The lowest BCUT2D eigenvalue weighted by molar-refractivity contribution is 0.614. The highest BCUT2D eigenvalue weighted by atomic mass is 15.2. The second-order valence-corrected chi connectivity index (χ2v) is 4.30. The van der Waals surface area contributed by atoms with E-state index in [1.54, 1.807) is 0 Å². The Bertz CT molecular complexity index is 321. The highest BCUT2D eigenvalue weighted by Crippen LogP contribution is 2.21. The molecule has 84 valence electrons. The van der Waals surface area contributed by atoms with Gasteiger partial charge < -0.3 is 10.6 Å². The van der Waals surface area contributed by atoms with E-state index in [-0.39, 0.29) is 0 Å². The Kier molecular flexibility index (Phi) is 3.95. The average molecular weight is 207 g/mol. The van der Waals surface area contributed by atoms with E-state index >= 15 is 0 Å². The van der Waals surface area contributed by atoms with E-state index < -0.39 is 0 Å². The Balaban J connectivity index is 2.95. The Morgan fingerprint density at radius 1 is 1.40 bits per heavy atom. The Hall–Kier alpha value is -1.25. The van der Waals surface area contributed by atoms with Crippen molar-refractivity contribution in [2.45, 2.75) is 27.7 Å². The molecule has 0 spiro atoms. The van der Waals surface area contributed by atoms with Crippen LogP contribution in [0.5, 0.6) is 0 Å². The first kappa shape index (κ1) is 11.8. The van der Waals surface area contributed by atoms with Crippen molar-refractivity contribution in [1.29, 1.82) is 0 Å². The number of hydrogen-bond acceptors (Lipinski definition) is 3. The van der Waals surface area contributed by atoms with Gasteiger partial charge in [-0.1, -0.05) is 13.8 Å². The van der Waals surface area contributed by atoms with E-state index in [4.69, 9.17) is 5.73 Å². The van der Waals surface area contributed by atoms with Gasteiger partial charge >= 0.3 is 0 Å². The third-order valence-corrected chi connectivity index (χ3v) is 2.31. The van der Waals surface area contributed by atoms with Gasteiger partial charge in [-0.15, -0.1) is 0 Å². The van der Waals surface area contributed by atoms with Crippen molar-refractivity contribution < 1.29 is 0 Å². The van der Waals surface area contributed by atoms with E-state index in [1.165, 1.54) is 0 Å². The van der Waals surface area contributed by atoms with Crippen molar-refractivity contribution in [1.82, 2.24) is 4.98 Å². The Morgan fingerprint density at radius 2 is 2.07 bits per heavy atom. The van der Waals surface area contributed by atoms with Crippen LogP contribution in [0.25, 0.3) is 0 Å². The monoisotopic (exact) mass is 207 g/mol. The fourth-order valence-electron chi connectivity index (χ4n) is 1.61. The minimum absolute atomic E-state index is 0.617. The molecule has 0 saturated heterocycles. The van der Waals surface area contributed by atoms with Crippen LogP contribution in [0.15, 0.2) is 12.1 Å². The summed E-state index contributed by atoms with van der Waals surface area (Å²) in [6, 6.07) is 3.88. The van der Waals surface area contributed by atoms with Crippen molar-refractivity contribution in [2.75, 3.05) is 23.7 Å². The molecule has 0 bridgehead atoms. The number of pyridine rings is 1. The van der Waals surface area contributed by atoms with Crippen molar-refractivity contribution in [2.24, 2.45) is 5.92 Å². The molecule has 2 N–H and O–H groups in total. The minimum Gasteiger partial charge on any atom is -0.396 e. The van der Waals surface area contributed by atoms with Crippen LogP contribution in [0.4, 0.5) is 11.5 Å². The maximum atomic E-state index is 5.94. The Labute approximate surface area is 92.3 Å². The molecule has 1 rings (SSSR count). The quantitative estimate of drug-likeness (QED) is 0.824. The van der Waals surface area contributed by atoms with Crippen LogP contribution in [-0.4, -0.2) is 18.1 Å². The second kappa shape index (κ2) is 5.01. The van der Waals surface area contributed by atoms with Crippen molar-refractivity contribution in [3.8, 4) is 0 Å². The predicted molar refractivity (Wildman–Crippen MR) is 66.1 cm³/mol.